The van der Waals surface area contributed by atoms with Gasteiger partial charge in [0.25, 0.3) is 0 Å². The molecular weight excluding hydrogens is 435 g/mol. The number of rotatable bonds is 2. The lowest BCUT2D eigenvalue weighted by atomic mass is 9.95. The Bertz CT molecular complexity index is 1210. The van der Waals surface area contributed by atoms with E-state index in [2.05, 4.69) is 6.07 Å². The smallest absolute Gasteiger partial charge is 0.215 e. The second-order valence-electron chi connectivity index (χ2n) is 7.68. The van der Waals surface area contributed by atoms with Crippen LogP contribution in [0, 0.1) is 0 Å². The Hall–Kier alpha value is -2.89. The molecule has 0 N–H and O–H groups in total. The molecular formula is C24H18Cl2N2O3. The van der Waals surface area contributed by atoms with Gasteiger partial charge in [0.2, 0.25) is 6.23 Å². The zero-order valence-electron chi connectivity index (χ0n) is 16.4. The molecule has 0 amide bonds. The molecule has 0 saturated carbocycles. The van der Waals surface area contributed by atoms with E-state index in [1.54, 1.807) is 6.07 Å². The number of hydrogen-bond donors (Lipinski definition) is 0. The highest BCUT2D eigenvalue weighted by Crippen LogP contribution is 2.48. The van der Waals surface area contributed by atoms with Crippen molar-refractivity contribution in [1.82, 2.24) is 5.01 Å². The fourth-order valence-corrected chi connectivity index (χ4v) is 4.84. The van der Waals surface area contributed by atoms with Crippen LogP contribution in [0.2, 0.25) is 10.0 Å². The fraction of sp³-hybridized carbons (Fsp3) is 0.208. The summed E-state index contributed by atoms with van der Waals surface area (Å²) in [6.45, 7) is 1.12. The van der Waals surface area contributed by atoms with E-state index in [-0.39, 0.29) is 6.04 Å². The molecule has 6 rings (SSSR count). The summed E-state index contributed by atoms with van der Waals surface area (Å²) in [5.41, 5.74) is 3.92. The first-order valence-corrected chi connectivity index (χ1v) is 10.9. The molecule has 2 atom stereocenters. The van der Waals surface area contributed by atoms with Crippen molar-refractivity contribution in [1.29, 1.82) is 0 Å². The van der Waals surface area contributed by atoms with E-state index in [1.807, 2.05) is 53.5 Å². The zero-order valence-corrected chi connectivity index (χ0v) is 17.9. The van der Waals surface area contributed by atoms with Crippen LogP contribution in [0.25, 0.3) is 0 Å². The number of hydrazone groups is 1. The minimum Gasteiger partial charge on any atom is -0.486 e. The molecule has 5 nitrogen and oxygen atoms in total. The first kappa shape index (κ1) is 18.8. The maximum atomic E-state index is 6.54. The number of fused-ring (bicyclic) bond motifs is 4. The third-order valence-electron chi connectivity index (χ3n) is 5.80. The molecule has 0 unspecified atom stereocenters. The maximum absolute atomic E-state index is 6.54. The molecule has 7 heteroatoms. The third-order valence-corrected chi connectivity index (χ3v) is 6.37. The Morgan fingerprint density at radius 1 is 0.839 bits per heavy atom. The Labute approximate surface area is 189 Å². The van der Waals surface area contributed by atoms with Crippen molar-refractivity contribution in [2.75, 3.05) is 13.2 Å². The van der Waals surface area contributed by atoms with Crippen molar-refractivity contribution in [3.05, 3.63) is 87.4 Å². The zero-order chi connectivity index (χ0) is 20.9. The molecule has 3 aromatic carbocycles. The van der Waals surface area contributed by atoms with Crippen molar-refractivity contribution < 1.29 is 14.2 Å². The lowest BCUT2D eigenvalue weighted by Gasteiger charge is -2.38. The van der Waals surface area contributed by atoms with Gasteiger partial charge in [-0.15, -0.1) is 0 Å². The second kappa shape index (κ2) is 7.36. The van der Waals surface area contributed by atoms with E-state index >= 15 is 0 Å². The van der Waals surface area contributed by atoms with Crippen molar-refractivity contribution in [3.8, 4) is 17.2 Å². The first-order chi connectivity index (χ1) is 15.2. The summed E-state index contributed by atoms with van der Waals surface area (Å²) < 4.78 is 17.8. The van der Waals surface area contributed by atoms with Gasteiger partial charge in [0.05, 0.1) is 16.8 Å². The predicted molar refractivity (Wildman–Crippen MR) is 119 cm³/mol. The van der Waals surface area contributed by atoms with Gasteiger partial charge in [-0.2, -0.15) is 5.10 Å². The average Bonchev–Trinajstić information content (AvgIpc) is 3.24. The Kier molecular flexibility index (Phi) is 4.47. The van der Waals surface area contributed by atoms with Crippen LogP contribution >= 0.6 is 23.2 Å². The number of hydrogen-bond acceptors (Lipinski definition) is 5. The minimum absolute atomic E-state index is 0.0462. The summed E-state index contributed by atoms with van der Waals surface area (Å²) in [6, 6.07) is 19.6. The van der Waals surface area contributed by atoms with Gasteiger partial charge in [0, 0.05) is 28.1 Å². The SMILES string of the molecule is Clc1ccc([C@H]2Oc3ccccc3[C@@H]3CC(c4ccc5c(c4)OCCO5)=NN23)c(Cl)c1. The van der Waals surface area contributed by atoms with Crippen LogP contribution in [-0.2, 0) is 0 Å². The van der Waals surface area contributed by atoms with Gasteiger partial charge in [0.15, 0.2) is 11.5 Å². The molecule has 0 aliphatic carbocycles. The van der Waals surface area contributed by atoms with E-state index in [9.17, 15) is 0 Å². The molecule has 3 aromatic rings. The standard InChI is InChI=1S/C24H18Cl2N2O3/c25-15-6-7-16(18(26)12-15)24-28-20(17-3-1-2-4-21(17)31-24)13-19(27-28)14-5-8-22-23(11-14)30-10-9-29-22/h1-8,11-12,20,24H,9-10,13H2/t20-,24+/m0/s1. The predicted octanol–water partition coefficient (Wildman–Crippen LogP) is 6.01. The highest BCUT2D eigenvalue weighted by molar-refractivity contribution is 6.35. The summed E-state index contributed by atoms with van der Waals surface area (Å²) in [4.78, 5) is 0. The van der Waals surface area contributed by atoms with Gasteiger partial charge in [-0.3, -0.25) is 0 Å². The van der Waals surface area contributed by atoms with Gasteiger partial charge >= 0.3 is 0 Å². The highest BCUT2D eigenvalue weighted by atomic mass is 35.5. The van der Waals surface area contributed by atoms with Crippen LogP contribution in [0.5, 0.6) is 17.2 Å². The third kappa shape index (κ3) is 3.20. The Balaban J connectivity index is 1.43. The molecule has 0 spiro atoms. The molecule has 0 saturated heterocycles. The summed E-state index contributed by atoms with van der Waals surface area (Å²) >= 11 is 12.7. The topological polar surface area (TPSA) is 43.3 Å². The first-order valence-electron chi connectivity index (χ1n) is 10.1. The van der Waals surface area contributed by atoms with Crippen molar-refractivity contribution in [2.45, 2.75) is 18.7 Å². The van der Waals surface area contributed by atoms with Crippen LogP contribution in [0.3, 0.4) is 0 Å². The van der Waals surface area contributed by atoms with Gasteiger partial charge < -0.3 is 14.2 Å². The van der Waals surface area contributed by atoms with Crippen molar-refractivity contribution in [3.63, 3.8) is 0 Å². The average molecular weight is 453 g/mol. The quantitative estimate of drug-likeness (QED) is 0.477. The molecule has 0 radical (unpaired) electrons. The van der Waals surface area contributed by atoms with Gasteiger partial charge in [-0.1, -0.05) is 47.5 Å². The number of halogens is 2. The molecule has 0 bridgehead atoms. The summed E-state index contributed by atoms with van der Waals surface area (Å²) in [5, 5.41) is 8.13. The van der Waals surface area contributed by atoms with Gasteiger partial charge in [-0.05, 0) is 36.4 Å². The van der Waals surface area contributed by atoms with E-state index in [4.69, 9.17) is 42.5 Å². The van der Waals surface area contributed by atoms with Crippen LogP contribution in [0.4, 0.5) is 0 Å². The van der Waals surface area contributed by atoms with Crippen molar-refractivity contribution in [2.24, 2.45) is 5.10 Å². The monoisotopic (exact) mass is 452 g/mol. The van der Waals surface area contributed by atoms with Gasteiger partial charge in [-0.25, -0.2) is 5.01 Å². The Morgan fingerprint density at radius 3 is 2.55 bits per heavy atom. The molecule has 3 aliphatic rings. The van der Waals surface area contributed by atoms with Crippen LogP contribution in [0.15, 0.2) is 65.8 Å². The molecule has 0 aromatic heterocycles. The number of nitrogens with zero attached hydrogens (tertiary/aromatic N) is 2. The highest BCUT2D eigenvalue weighted by Gasteiger charge is 2.41. The summed E-state index contributed by atoms with van der Waals surface area (Å²) in [5.74, 6) is 2.37. The summed E-state index contributed by atoms with van der Waals surface area (Å²) in [6.07, 6.45) is 0.307. The maximum Gasteiger partial charge on any atom is 0.215 e. The molecule has 3 aliphatic heterocycles. The summed E-state index contributed by atoms with van der Waals surface area (Å²) in [7, 11) is 0. The Morgan fingerprint density at radius 2 is 1.68 bits per heavy atom. The van der Waals surface area contributed by atoms with E-state index in [1.165, 1.54) is 0 Å². The van der Waals surface area contributed by atoms with Crippen LogP contribution in [-0.4, -0.2) is 23.9 Å². The van der Waals surface area contributed by atoms with Crippen LogP contribution in [0.1, 0.15) is 35.4 Å². The van der Waals surface area contributed by atoms with Gasteiger partial charge in [0.1, 0.15) is 19.0 Å². The normalized spacial score (nSPS) is 21.1. The van der Waals surface area contributed by atoms with E-state index < -0.39 is 6.23 Å². The molecule has 3 heterocycles. The number of ether oxygens (including phenoxy) is 3. The lowest BCUT2D eigenvalue weighted by Crippen LogP contribution is -2.33. The molecule has 0 fully saturated rings. The van der Waals surface area contributed by atoms with E-state index in [0.717, 1.165) is 46.1 Å². The second-order valence-corrected chi connectivity index (χ2v) is 8.52. The minimum atomic E-state index is -0.445. The molecule has 31 heavy (non-hydrogen) atoms. The number of benzene rings is 3. The van der Waals surface area contributed by atoms with E-state index in [0.29, 0.717) is 23.3 Å². The van der Waals surface area contributed by atoms with Crippen molar-refractivity contribution >= 4 is 28.9 Å². The largest absolute Gasteiger partial charge is 0.486 e. The molecule has 156 valence electrons. The van der Waals surface area contributed by atoms with Crippen LogP contribution < -0.4 is 14.2 Å². The number of para-hydroxylation sites is 1. The lowest BCUT2D eigenvalue weighted by molar-refractivity contribution is -0.0189. The fourth-order valence-electron chi connectivity index (χ4n) is 4.34.